The van der Waals surface area contributed by atoms with Crippen LogP contribution >= 0.6 is 71.2 Å². The molecule has 0 saturated carbocycles. The van der Waals surface area contributed by atoms with E-state index in [9.17, 15) is 0 Å². The van der Waals surface area contributed by atoms with E-state index in [0.29, 0.717) is 9.12 Å². The molecule has 0 aliphatic heterocycles. The minimum atomic E-state index is 0. The van der Waals surface area contributed by atoms with E-state index >= 15 is 0 Å². The van der Waals surface area contributed by atoms with Gasteiger partial charge in [0, 0.05) is 0 Å². The Balaban J connectivity index is -0.000000000500. The summed E-state index contributed by atoms with van der Waals surface area (Å²) in [5.74, 6) is 0. The predicted molar refractivity (Wildman–Crippen MR) is 48.0 cm³/mol. The van der Waals surface area contributed by atoms with Crippen molar-refractivity contribution in [2.24, 2.45) is 0 Å². The molecule has 0 bridgehead atoms. The Bertz CT molecular complexity index is 8.04. The van der Waals surface area contributed by atoms with Gasteiger partial charge >= 0.3 is 0 Å². The molecule has 0 aliphatic carbocycles. The highest BCUT2D eigenvalue weighted by atomic mass is 35.5. The van der Waals surface area contributed by atoms with Crippen LogP contribution in [-0.4, -0.2) is 0 Å². The maximum Gasteiger partial charge on any atom is 0.0527 e. The van der Waals surface area contributed by atoms with Gasteiger partial charge in [0.2, 0.25) is 0 Å². The third-order valence-corrected chi connectivity index (χ3v) is 0. The highest BCUT2D eigenvalue weighted by Gasteiger charge is 0.593. The first kappa shape index (κ1) is 71.3. The van der Waals surface area contributed by atoms with Crippen molar-refractivity contribution in [1.29, 1.82) is 0 Å². The Morgan fingerprint density at radius 3 is 0.571 bits per heavy atom. The van der Waals surface area contributed by atoms with Crippen LogP contribution in [0, 0.1) is 0 Å². The Morgan fingerprint density at radius 1 is 0.571 bits per heavy atom. The Morgan fingerprint density at radius 2 is 0.571 bits per heavy atom. The molecule has 54 valence electrons. The van der Waals surface area contributed by atoms with Crippen molar-refractivity contribution in [2.75, 3.05) is 0 Å². The molecule has 7 heteroatoms. The van der Waals surface area contributed by atoms with Gasteiger partial charge in [-0.05, 0) is 0 Å². The van der Waals surface area contributed by atoms with Gasteiger partial charge < -0.3 is 4.57 Å². The van der Waals surface area contributed by atoms with Crippen molar-refractivity contribution in [3.05, 3.63) is 0 Å². The summed E-state index contributed by atoms with van der Waals surface area (Å²) in [5, 5.41) is 0. The molecule has 0 spiro atoms. The van der Waals surface area contributed by atoms with Crippen molar-refractivity contribution in [2.45, 2.75) is 0 Å². The second kappa shape index (κ2) is 121. The summed E-state index contributed by atoms with van der Waals surface area (Å²) in [4.78, 5) is 0. The van der Waals surface area contributed by atoms with Crippen LogP contribution in [0.2, 0.25) is 0 Å². The van der Waals surface area contributed by atoms with Crippen LogP contribution in [0.4, 0.5) is 0 Å². The highest BCUT2D eigenvalue weighted by Crippen LogP contribution is 1.23. The smallest absolute Gasteiger partial charge is 0.0527 e. The molecule has 0 radical (unpaired) electrons. The standard InChI is InChI=1S/5ClH.H3OP/c;;;;;1-2/h5*1H;2H3. The molecule has 7 heavy (non-hydrogen) atoms. The van der Waals surface area contributed by atoms with E-state index < -0.39 is 0 Å². The van der Waals surface area contributed by atoms with Crippen LogP contribution in [0.15, 0.2) is 0 Å². The van der Waals surface area contributed by atoms with Gasteiger partial charge in [0.15, 0.2) is 0 Å². The molecule has 1 nitrogen and oxygen atoms in total. The third kappa shape index (κ3) is 87.8. The summed E-state index contributed by atoms with van der Waals surface area (Å²) in [6.07, 6.45) is 0. The SMILES string of the molecule is Cl.Cl.Cl.Cl.Cl.O=[PH3]. The molecule has 0 aliphatic rings. The average molecular weight is 232 g/mol. The van der Waals surface area contributed by atoms with E-state index in [1.165, 1.54) is 0 Å². The monoisotopic (exact) mass is 230 g/mol. The lowest BCUT2D eigenvalue weighted by atomic mass is 16.0. The topological polar surface area (TPSA) is 17.1 Å². The summed E-state index contributed by atoms with van der Waals surface area (Å²) < 4.78 is 8.28. The zero-order valence-electron chi connectivity index (χ0n) is 3.16. The van der Waals surface area contributed by atoms with Crippen molar-refractivity contribution < 1.29 is 4.57 Å². The van der Waals surface area contributed by atoms with Gasteiger partial charge in [-0.3, -0.25) is 0 Å². The highest BCUT2D eigenvalue weighted by molar-refractivity contribution is 7.00. The Hall–Kier alpha value is 1.68. The fourth-order valence-electron chi connectivity index (χ4n) is 0. The van der Waals surface area contributed by atoms with Gasteiger partial charge in [0.05, 0.1) is 9.12 Å². The summed E-state index contributed by atoms with van der Waals surface area (Å²) in [5.41, 5.74) is 0. The Kier molecular flexibility index (Phi) is 1240. The molecule has 0 rings (SSSR count). The lowest BCUT2D eigenvalue weighted by Gasteiger charge is -0.873. The van der Waals surface area contributed by atoms with E-state index in [4.69, 9.17) is 4.57 Å². The number of hydrogen-bond acceptors (Lipinski definition) is 1. The van der Waals surface area contributed by atoms with Gasteiger partial charge in [0.25, 0.3) is 0 Å². The molecule has 1 atom stereocenters. The molecule has 0 saturated heterocycles. The van der Waals surface area contributed by atoms with E-state index in [1.54, 1.807) is 0 Å². The third-order valence-electron chi connectivity index (χ3n) is 0. The summed E-state index contributed by atoms with van der Waals surface area (Å²) in [7, 11) is 0.611. The van der Waals surface area contributed by atoms with Crippen LogP contribution < -0.4 is 0 Å². The molecule has 0 N–H and O–H groups in total. The summed E-state index contributed by atoms with van der Waals surface area (Å²) in [6.45, 7) is 0. The number of hydrogen-bond donors (Lipinski definition) is 0. The fourth-order valence-corrected chi connectivity index (χ4v) is 0. The van der Waals surface area contributed by atoms with Crippen molar-refractivity contribution in [3.63, 3.8) is 0 Å². The lowest BCUT2D eigenvalue weighted by Crippen LogP contribution is -0.489. The van der Waals surface area contributed by atoms with Gasteiger partial charge in [0.1, 0.15) is 0 Å². The molecule has 0 aromatic heterocycles. The predicted octanol–water partition coefficient (Wildman–Crippen LogP) is 2.05. The van der Waals surface area contributed by atoms with Crippen LogP contribution in [0.5, 0.6) is 0 Å². The number of rotatable bonds is 0. The van der Waals surface area contributed by atoms with Gasteiger partial charge in [-0.2, -0.15) is 0 Å². The molecular formula is H8Cl5OP. The first-order chi connectivity index (χ1) is 1.00. The summed E-state index contributed by atoms with van der Waals surface area (Å²) in [6, 6.07) is 0. The lowest BCUT2D eigenvalue weighted by molar-refractivity contribution is 0.607. The maximum absolute atomic E-state index is 8.28. The van der Waals surface area contributed by atoms with Gasteiger partial charge in [-0.1, -0.05) is 0 Å². The minimum absolute atomic E-state index is 0. The largest absolute Gasteiger partial charge is 0.333 e. The molecule has 0 amide bonds. The van der Waals surface area contributed by atoms with E-state index in [2.05, 4.69) is 0 Å². The van der Waals surface area contributed by atoms with E-state index in [1.807, 2.05) is 0 Å². The first-order valence-corrected chi connectivity index (χ1v) is 0.866. The quantitative estimate of drug-likeness (QED) is 0.584. The first-order valence-electron chi connectivity index (χ1n) is 0.289. The Labute approximate surface area is 75.7 Å². The van der Waals surface area contributed by atoms with E-state index in [0.717, 1.165) is 0 Å². The summed E-state index contributed by atoms with van der Waals surface area (Å²) >= 11 is 0. The van der Waals surface area contributed by atoms with Gasteiger partial charge in [-0.15, -0.1) is 62.0 Å². The second-order valence-corrected chi connectivity index (χ2v) is 0. The molecule has 0 fully saturated rings. The van der Waals surface area contributed by atoms with E-state index in [-0.39, 0.29) is 62.0 Å². The maximum atomic E-state index is 8.28. The normalized spacial score (nSPS) is 1.14. The zero-order valence-corrected chi connectivity index (χ0v) is 8.65. The van der Waals surface area contributed by atoms with Crippen molar-refractivity contribution >= 4 is 71.2 Å². The van der Waals surface area contributed by atoms with Gasteiger partial charge in [-0.25, -0.2) is 0 Å². The fraction of sp³-hybridized carbons (Fsp3) is 0. The van der Waals surface area contributed by atoms with Crippen LogP contribution in [0.3, 0.4) is 0 Å². The average Bonchev–Trinajstić information content (AvgIpc) is 1.00. The molecule has 1 unspecified atom stereocenters. The minimum Gasteiger partial charge on any atom is -0.333 e. The van der Waals surface area contributed by atoms with Crippen molar-refractivity contribution in [3.8, 4) is 0 Å². The molecule has 0 heterocycles. The molecule has 0 aromatic carbocycles. The molecular weight excluding hydrogens is 224 g/mol. The number of halogens is 5. The van der Waals surface area contributed by atoms with Crippen LogP contribution in [-0.2, 0) is 4.57 Å². The molecule has 0 aromatic rings. The second-order valence-electron chi connectivity index (χ2n) is 0. The van der Waals surface area contributed by atoms with Crippen LogP contribution in [0.25, 0.3) is 0 Å². The zero-order chi connectivity index (χ0) is 2.00. The van der Waals surface area contributed by atoms with Crippen molar-refractivity contribution in [1.82, 2.24) is 0 Å². The van der Waals surface area contributed by atoms with Crippen LogP contribution in [0.1, 0.15) is 0 Å².